The van der Waals surface area contributed by atoms with E-state index in [1.807, 2.05) is 0 Å². The molecule has 3 heterocycles. The molecule has 0 spiro atoms. The normalized spacial score (nSPS) is 25.6. The number of hydrogen-bond acceptors (Lipinski definition) is 7. The van der Waals surface area contributed by atoms with Gasteiger partial charge < -0.3 is 9.64 Å². The summed E-state index contributed by atoms with van der Waals surface area (Å²) >= 11 is 0. The highest BCUT2D eigenvalue weighted by Crippen LogP contribution is 2.23. The molecule has 0 aliphatic carbocycles. The van der Waals surface area contributed by atoms with Crippen LogP contribution in [0.15, 0.2) is 23.1 Å². The van der Waals surface area contributed by atoms with Crippen molar-refractivity contribution in [1.82, 2.24) is 14.1 Å². The Kier molecular flexibility index (Phi) is 6.42. The van der Waals surface area contributed by atoms with Crippen LogP contribution in [-0.2, 0) is 24.6 Å². The molecule has 3 aliphatic heterocycles. The molecule has 0 unspecified atom stereocenters. The van der Waals surface area contributed by atoms with Crippen molar-refractivity contribution in [1.29, 1.82) is 0 Å². The third-order valence-electron chi connectivity index (χ3n) is 6.37. The molecule has 0 aromatic heterocycles. The quantitative estimate of drug-likeness (QED) is 0.607. The molecule has 172 valence electrons. The van der Waals surface area contributed by atoms with E-state index in [1.54, 1.807) is 24.0 Å². The number of carbonyl (C=O) groups excluding carboxylic acids is 1. The number of aryl methyl sites for hydroxylation is 1. The van der Waals surface area contributed by atoms with E-state index < -0.39 is 19.9 Å². The molecule has 1 amide bonds. The number of sulfone groups is 1. The summed E-state index contributed by atoms with van der Waals surface area (Å²) in [4.78, 5) is 17.2. The SMILES string of the molecule is Cc1ccc(S(=O)(=O)N2CCOCC2)cc1C(=O)N1CCN([C@@H]2CCS(=O)(=O)C2)CC1. The zero-order valence-corrected chi connectivity index (χ0v) is 19.3. The number of benzene rings is 1. The molecule has 31 heavy (non-hydrogen) atoms. The fraction of sp³-hybridized carbons (Fsp3) is 0.650. The predicted molar refractivity (Wildman–Crippen MR) is 115 cm³/mol. The van der Waals surface area contributed by atoms with Gasteiger partial charge >= 0.3 is 0 Å². The predicted octanol–water partition coefficient (Wildman–Crippen LogP) is -0.0392. The van der Waals surface area contributed by atoms with Gasteiger partial charge in [-0.05, 0) is 31.0 Å². The zero-order valence-electron chi connectivity index (χ0n) is 17.7. The fourth-order valence-electron chi connectivity index (χ4n) is 4.45. The molecule has 0 N–H and O–H groups in total. The highest BCUT2D eigenvalue weighted by atomic mass is 32.2. The van der Waals surface area contributed by atoms with Crippen molar-refractivity contribution in [2.75, 3.05) is 64.0 Å². The molecule has 3 fully saturated rings. The van der Waals surface area contributed by atoms with Gasteiger partial charge in [-0.3, -0.25) is 9.69 Å². The van der Waals surface area contributed by atoms with Crippen molar-refractivity contribution < 1.29 is 26.4 Å². The maximum atomic E-state index is 13.2. The van der Waals surface area contributed by atoms with Crippen molar-refractivity contribution in [3.63, 3.8) is 0 Å². The minimum Gasteiger partial charge on any atom is -0.379 e. The molecule has 4 rings (SSSR count). The summed E-state index contributed by atoms with van der Waals surface area (Å²) in [6, 6.07) is 4.75. The summed E-state index contributed by atoms with van der Waals surface area (Å²) in [6.07, 6.45) is 0.650. The van der Waals surface area contributed by atoms with Crippen LogP contribution in [0.25, 0.3) is 0 Å². The summed E-state index contributed by atoms with van der Waals surface area (Å²) < 4.78 is 56.1. The third kappa shape index (κ3) is 4.80. The third-order valence-corrected chi connectivity index (χ3v) is 10.0. The van der Waals surface area contributed by atoms with Crippen LogP contribution in [0.2, 0.25) is 0 Å². The van der Waals surface area contributed by atoms with Gasteiger partial charge in [0, 0.05) is 50.9 Å². The molecule has 11 heteroatoms. The maximum absolute atomic E-state index is 13.2. The minimum atomic E-state index is -3.68. The minimum absolute atomic E-state index is 0.0333. The van der Waals surface area contributed by atoms with Gasteiger partial charge in [0.05, 0.1) is 29.6 Å². The van der Waals surface area contributed by atoms with Crippen LogP contribution in [0, 0.1) is 6.92 Å². The molecule has 0 saturated carbocycles. The van der Waals surface area contributed by atoms with E-state index in [4.69, 9.17) is 4.74 Å². The van der Waals surface area contributed by atoms with Crippen molar-refractivity contribution in [2.45, 2.75) is 24.3 Å². The number of sulfonamides is 1. The van der Waals surface area contributed by atoms with Gasteiger partial charge in [0.15, 0.2) is 9.84 Å². The smallest absolute Gasteiger partial charge is 0.254 e. The van der Waals surface area contributed by atoms with Crippen molar-refractivity contribution >= 4 is 25.8 Å². The van der Waals surface area contributed by atoms with Crippen LogP contribution in [0.4, 0.5) is 0 Å². The van der Waals surface area contributed by atoms with E-state index in [9.17, 15) is 21.6 Å². The van der Waals surface area contributed by atoms with Crippen LogP contribution in [0.3, 0.4) is 0 Å². The Labute approximate surface area is 183 Å². The second kappa shape index (κ2) is 8.78. The molecule has 1 aromatic carbocycles. The summed E-state index contributed by atoms with van der Waals surface area (Å²) in [5, 5.41) is 0. The van der Waals surface area contributed by atoms with Gasteiger partial charge in [0.25, 0.3) is 5.91 Å². The number of nitrogens with zero attached hydrogens (tertiary/aromatic N) is 3. The number of amides is 1. The number of ether oxygens (including phenoxy) is 1. The average molecular weight is 472 g/mol. The fourth-order valence-corrected chi connectivity index (χ4v) is 7.65. The van der Waals surface area contributed by atoms with Gasteiger partial charge in [0.1, 0.15) is 0 Å². The first-order valence-corrected chi connectivity index (χ1v) is 13.9. The Hall–Kier alpha value is -1.53. The first-order valence-electron chi connectivity index (χ1n) is 10.6. The lowest BCUT2D eigenvalue weighted by Crippen LogP contribution is -2.52. The lowest BCUT2D eigenvalue weighted by molar-refractivity contribution is 0.0586. The second-order valence-corrected chi connectivity index (χ2v) is 12.5. The Balaban J connectivity index is 1.46. The molecular weight excluding hydrogens is 442 g/mol. The molecule has 3 aliphatic rings. The highest BCUT2D eigenvalue weighted by molar-refractivity contribution is 7.91. The molecule has 0 bridgehead atoms. The lowest BCUT2D eigenvalue weighted by Gasteiger charge is -2.37. The second-order valence-electron chi connectivity index (χ2n) is 8.38. The van der Waals surface area contributed by atoms with Gasteiger partial charge in [-0.15, -0.1) is 0 Å². The zero-order chi connectivity index (χ0) is 22.2. The number of hydrogen-bond donors (Lipinski definition) is 0. The summed E-state index contributed by atoms with van der Waals surface area (Å²) in [6.45, 7) is 5.37. The van der Waals surface area contributed by atoms with E-state index in [0.717, 1.165) is 5.56 Å². The van der Waals surface area contributed by atoms with E-state index in [-0.39, 0.29) is 28.4 Å². The number of piperazine rings is 1. The molecule has 1 aromatic rings. The van der Waals surface area contributed by atoms with Crippen molar-refractivity contribution in [3.8, 4) is 0 Å². The molecule has 9 nitrogen and oxygen atoms in total. The van der Waals surface area contributed by atoms with Crippen molar-refractivity contribution in [3.05, 3.63) is 29.3 Å². The number of carbonyl (C=O) groups is 1. The van der Waals surface area contributed by atoms with Crippen LogP contribution >= 0.6 is 0 Å². The lowest BCUT2D eigenvalue weighted by atomic mass is 10.1. The molecule has 1 atom stereocenters. The maximum Gasteiger partial charge on any atom is 0.254 e. The summed E-state index contributed by atoms with van der Waals surface area (Å²) in [7, 11) is -6.62. The summed E-state index contributed by atoms with van der Waals surface area (Å²) in [5.41, 5.74) is 1.13. The van der Waals surface area contributed by atoms with Gasteiger partial charge in [0.2, 0.25) is 10.0 Å². The van der Waals surface area contributed by atoms with Crippen LogP contribution < -0.4 is 0 Å². The number of rotatable bonds is 4. The van der Waals surface area contributed by atoms with Crippen molar-refractivity contribution in [2.24, 2.45) is 0 Å². The Bertz CT molecular complexity index is 1040. The Morgan fingerprint density at radius 1 is 1.06 bits per heavy atom. The largest absolute Gasteiger partial charge is 0.379 e. The van der Waals surface area contributed by atoms with Gasteiger partial charge in [-0.2, -0.15) is 4.31 Å². The van der Waals surface area contributed by atoms with E-state index in [0.29, 0.717) is 64.5 Å². The topological polar surface area (TPSA) is 104 Å². The first-order chi connectivity index (χ1) is 14.7. The first kappa shape index (κ1) is 22.7. The summed E-state index contributed by atoms with van der Waals surface area (Å²) in [5.74, 6) is 0.247. The average Bonchev–Trinajstić information content (AvgIpc) is 3.14. The van der Waals surface area contributed by atoms with E-state index in [2.05, 4.69) is 4.90 Å². The Morgan fingerprint density at radius 3 is 2.35 bits per heavy atom. The van der Waals surface area contributed by atoms with Crippen LogP contribution in [-0.4, -0.2) is 107 Å². The molecule has 0 radical (unpaired) electrons. The standard InChI is InChI=1S/C20H29N3O6S2/c1-16-2-3-18(31(27,28)23-9-11-29-12-10-23)14-19(16)20(24)22-7-5-21(6-8-22)17-4-13-30(25,26)15-17/h2-3,14,17H,4-13,15H2,1H3/t17-/m1/s1. The number of morpholine rings is 1. The highest BCUT2D eigenvalue weighted by Gasteiger charge is 2.35. The van der Waals surface area contributed by atoms with Gasteiger partial charge in [-0.25, -0.2) is 16.8 Å². The van der Waals surface area contributed by atoms with E-state index >= 15 is 0 Å². The van der Waals surface area contributed by atoms with E-state index in [1.165, 1.54) is 10.4 Å². The monoisotopic (exact) mass is 471 g/mol. The molecule has 3 saturated heterocycles. The Morgan fingerprint density at radius 2 is 1.74 bits per heavy atom. The van der Waals surface area contributed by atoms with Crippen LogP contribution in [0.1, 0.15) is 22.3 Å². The van der Waals surface area contributed by atoms with Crippen LogP contribution in [0.5, 0.6) is 0 Å². The molecular formula is C20H29N3O6S2. The van der Waals surface area contributed by atoms with Gasteiger partial charge in [-0.1, -0.05) is 6.07 Å².